The molecule has 1 atom stereocenters. The van der Waals surface area contributed by atoms with Crippen LogP contribution in [0, 0.1) is 0 Å². The molecule has 2 amide bonds. The Morgan fingerprint density at radius 2 is 1.73 bits per heavy atom. The summed E-state index contributed by atoms with van der Waals surface area (Å²) in [6.45, 7) is 9.37. The van der Waals surface area contributed by atoms with Crippen LogP contribution in [0.1, 0.15) is 63.0 Å². The second kappa shape index (κ2) is 12.1. The smallest absolute Gasteiger partial charge is 0.249 e. The number of hydrogen-bond acceptors (Lipinski definition) is 6. The van der Waals surface area contributed by atoms with E-state index in [1.165, 1.54) is 16.5 Å². The number of para-hydroxylation sites is 2. The maximum atomic E-state index is 14.3. The van der Waals surface area contributed by atoms with Crippen LogP contribution in [0.3, 0.4) is 0 Å². The number of carbonyl (C=O) groups is 3. The second-order valence-corrected chi connectivity index (χ2v) is 10.2. The Bertz CT molecular complexity index is 1530. The third-order valence-electron chi connectivity index (χ3n) is 6.87. The Kier molecular flexibility index (Phi) is 8.62. The van der Waals surface area contributed by atoms with Gasteiger partial charge in [-0.15, -0.1) is 5.10 Å². The van der Waals surface area contributed by atoms with Gasteiger partial charge in [-0.2, -0.15) is 0 Å². The number of amides is 2. The van der Waals surface area contributed by atoms with Crippen LogP contribution >= 0.6 is 0 Å². The SMILES string of the molecule is CCOc1ccccc1[C@H](C(=O)NC(C)(C)CC)N(C(=O)Cn1nnc2ccccc21)c1cccc(C(C)=O)c1. The van der Waals surface area contributed by atoms with E-state index in [9.17, 15) is 14.4 Å². The molecule has 208 valence electrons. The Hall–Kier alpha value is -4.53. The highest BCUT2D eigenvalue weighted by Crippen LogP contribution is 2.35. The van der Waals surface area contributed by atoms with E-state index in [-0.39, 0.29) is 18.2 Å². The summed E-state index contributed by atoms with van der Waals surface area (Å²) in [5.41, 5.74) is 2.17. The molecule has 0 fully saturated rings. The summed E-state index contributed by atoms with van der Waals surface area (Å²) in [4.78, 5) is 42.2. The highest BCUT2D eigenvalue weighted by atomic mass is 16.5. The standard InChI is InChI=1S/C31H35N5O4/c1-6-31(4,5)32-30(39)29(24-15-8-11-18-27(24)40-7-2)36(23-14-12-13-22(19-23)21(3)37)28(38)20-35-26-17-10-9-16-25(26)33-34-35/h8-19,29H,6-7,20H2,1-5H3,(H,32,39)/t29-/m1/s1. The predicted octanol–water partition coefficient (Wildman–Crippen LogP) is 5.11. The number of ketones is 1. The molecule has 3 aromatic carbocycles. The van der Waals surface area contributed by atoms with Crippen molar-refractivity contribution >= 4 is 34.3 Å². The monoisotopic (exact) mass is 541 g/mol. The molecule has 9 nitrogen and oxygen atoms in total. The van der Waals surface area contributed by atoms with Gasteiger partial charge in [-0.3, -0.25) is 19.3 Å². The van der Waals surface area contributed by atoms with Crippen LogP contribution in [0.4, 0.5) is 5.69 Å². The van der Waals surface area contributed by atoms with Gasteiger partial charge in [-0.25, -0.2) is 4.68 Å². The molecule has 9 heteroatoms. The zero-order valence-corrected chi connectivity index (χ0v) is 23.5. The van der Waals surface area contributed by atoms with Crippen molar-refractivity contribution in [3.8, 4) is 5.75 Å². The fourth-order valence-corrected chi connectivity index (χ4v) is 4.43. The van der Waals surface area contributed by atoms with Gasteiger partial charge in [0, 0.05) is 22.4 Å². The fraction of sp³-hybridized carbons (Fsp3) is 0.323. The quantitative estimate of drug-likeness (QED) is 0.265. The summed E-state index contributed by atoms with van der Waals surface area (Å²) in [6.07, 6.45) is 0.678. The van der Waals surface area contributed by atoms with Gasteiger partial charge in [0.15, 0.2) is 5.78 Å². The fourth-order valence-electron chi connectivity index (χ4n) is 4.43. The molecule has 0 spiro atoms. The van der Waals surface area contributed by atoms with Crippen molar-refractivity contribution in [2.45, 2.75) is 59.2 Å². The minimum atomic E-state index is -1.10. The zero-order chi connectivity index (χ0) is 28.9. The average Bonchev–Trinajstić information content (AvgIpc) is 3.34. The first-order valence-corrected chi connectivity index (χ1v) is 13.4. The van der Waals surface area contributed by atoms with E-state index in [1.807, 2.05) is 64.1 Å². The maximum absolute atomic E-state index is 14.3. The van der Waals surface area contributed by atoms with Gasteiger partial charge < -0.3 is 10.1 Å². The molecular formula is C31H35N5O4. The number of nitrogens with one attached hydrogen (secondary N) is 1. The van der Waals surface area contributed by atoms with Crippen molar-refractivity contribution in [2.75, 3.05) is 11.5 Å². The number of ether oxygens (including phenoxy) is 1. The van der Waals surface area contributed by atoms with Gasteiger partial charge in [0.25, 0.3) is 0 Å². The van der Waals surface area contributed by atoms with Crippen LogP contribution in [0.2, 0.25) is 0 Å². The Balaban J connectivity index is 1.90. The van der Waals surface area contributed by atoms with Crippen molar-refractivity contribution in [1.82, 2.24) is 20.3 Å². The molecule has 0 aliphatic rings. The Morgan fingerprint density at radius 1 is 1.00 bits per heavy atom. The Morgan fingerprint density at radius 3 is 2.45 bits per heavy atom. The number of nitrogens with zero attached hydrogens (tertiary/aromatic N) is 4. The van der Waals surface area contributed by atoms with Crippen LogP contribution in [0.5, 0.6) is 5.75 Å². The van der Waals surface area contributed by atoms with Crippen LogP contribution in [-0.2, 0) is 16.1 Å². The van der Waals surface area contributed by atoms with E-state index in [1.54, 1.807) is 36.4 Å². The van der Waals surface area contributed by atoms with Gasteiger partial charge in [0.2, 0.25) is 11.8 Å². The van der Waals surface area contributed by atoms with E-state index in [2.05, 4.69) is 15.6 Å². The molecule has 0 aliphatic heterocycles. The van der Waals surface area contributed by atoms with Crippen LogP contribution in [-0.4, -0.2) is 44.7 Å². The lowest BCUT2D eigenvalue weighted by atomic mass is 9.97. The first kappa shape index (κ1) is 28.5. The average molecular weight is 542 g/mol. The molecule has 0 saturated heterocycles. The number of fused-ring (bicyclic) bond motifs is 1. The van der Waals surface area contributed by atoms with E-state index in [0.29, 0.717) is 46.6 Å². The normalized spacial score (nSPS) is 12.1. The highest BCUT2D eigenvalue weighted by molar-refractivity contribution is 6.03. The molecular weight excluding hydrogens is 506 g/mol. The van der Waals surface area contributed by atoms with Crippen LogP contribution in [0.25, 0.3) is 11.0 Å². The summed E-state index contributed by atoms with van der Waals surface area (Å²) >= 11 is 0. The molecule has 0 saturated carbocycles. The summed E-state index contributed by atoms with van der Waals surface area (Å²) in [5, 5.41) is 11.5. The molecule has 1 aromatic heterocycles. The largest absolute Gasteiger partial charge is 0.493 e. The number of aromatic nitrogens is 3. The van der Waals surface area contributed by atoms with Crippen LogP contribution < -0.4 is 15.0 Å². The lowest BCUT2D eigenvalue weighted by Gasteiger charge is -2.35. The van der Waals surface area contributed by atoms with E-state index in [0.717, 1.165) is 0 Å². The molecule has 0 bridgehead atoms. The summed E-state index contributed by atoms with van der Waals surface area (Å²) in [6, 6.07) is 20.2. The van der Waals surface area contributed by atoms with Gasteiger partial charge in [-0.05, 0) is 64.4 Å². The molecule has 40 heavy (non-hydrogen) atoms. The third-order valence-corrected chi connectivity index (χ3v) is 6.87. The molecule has 1 heterocycles. The minimum absolute atomic E-state index is 0.153. The highest BCUT2D eigenvalue weighted by Gasteiger charge is 2.37. The third kappa shape index (κ3) is 6.20. The van der Waals surface area contributed by atoms with Crippen molar-refractivity contribution in [3.63, 3.8) is 0 Å². The maximum Gasteiger partial charge on any atom is 0.249 e. The Labute approximate surface area is 234 Å². The van der Waals surface area contributed by atoms with Crippen molar-refractivity contribution in [1.29, 1.82) is 0 Å². The first-order valence-electron chi connectivity index (χ1n) is 13.4. The lowest BCUT2D eigenvalue weighted by molar-refractivity contribution is -0.128. The van der Waals surface area contributed by atoms with E-state index >= 15 is 0 Å². The van der Waals surface area contributed by atoms with Gasteiger partial charge in [-0.1, -0.05) is 54.6 Å². The molecule has 4 aromatic rings. The zero-order valence-electron chi connectivity index (χ0n) is 23.5. The first-order chi connectivity index (χ1) is 19.1. The van der Waals surface area contributed by atoms with Crippen LogP contribution in [0.15, 0.2) is 72.8 Å². The van der Waals surface area contributed by atoms with Gasteiger partial charge in [0.05, 0.1) is 12.1 Å². The second-order valence-electron chi connectivity index (χ2n) is 10.2. The molecule has 4 rings (SSSR count). The summed E-state index contributed by atoms with van der Waals surface area (Å²) in [5.74, 6) is -0.438. The number of benzene rings is 3. The molecule has 0 radical (unpaired) electrons. The molecule has 1 N–H and O–H groups in total. The topological polar surface area (TPSA) is 106 Å². The van der Waals surface area contributed by atoms with Crippen molar-refractivity contribution < 1.29 is 19.1 Å². The van der Waals surface area contributed by atoms with Crippen molar-refractivity contribution in [2.24, 2.45) is 0 Å². The lowest BCUT2D eigenvalue weighted by Crippen LogP contribution is -2.51. The number of rotatable bonds is 11. The number of carbonyl (C=O) groups excluding carboxylic acids is 3. The molecule has 0 aliphatic carbocycles. The number of anilines is 1. The van der Waals surface area contributed by atoms with E-state index < -0.39 is 17.5 Å². The number of Topliss-reactive ketones (excluding diaryl/α,β-unsaturated/α-hetero) is 1. The van der Waals surface area contributed by atoms with Crippen molar-refractivity contribution in [3.05, 3.63) is 83.9 Å². The minimum Gasteiger partial charge on any atom is -0.493 e. The van der Waals surface area contributed by atoms with E-state index in [4.69, 9.17) is 4.74 Å². The summed E-state index contributed by atoms with van der Waals surface area (Å²) in [7, 11) is 0. The van der Waals surface area contributed by atoms with Gasteiger partial charge in [0.1, 0.15) is 23.9 Å². The summed E-state index contributed by atoms with van der Waals surface area (Å²) < 4.78 is 7.43. The van der Waals surface area contributed by atoms with Gasteiger partial charge >= 0.3 is 0 Å². The molecule has 0 unspecified atom stereocenters. The predicted molar refractivity (Wildman–Crippen MR) is 154 cm³/mol. The number of hydrogen-bond donors (Lipinski definition) is 1.